The Kier molecular flexibility index (Phi) is 5.76. The average molecular weight is 245 g/mol. The van der Waals surface area contributed by atoms with E-state index >= 15 is 0 Å². The predicted octanol–water partition coefficient (Wildman–Crippen LogP) is 1.26. The molecular formula is C8H11F4NO3. The van der Waals surface area contributed by atoms with Gasteiger partial charge in [-0.05, 0) is 12.8 Å². The van der Waals surface area contributed by atoms with Gasteiger partial charge in [0.25, 0.3) is 5.91 Å². The number of hydrogen-bond donors (Lipinski definition) is 2. The molecule has 0 aromatic rings. The Bertz CT molecular complexity index is 258. The minimum Gasteiger partial charge on any atom is -0.481 e. The van der Waals surface area contributed by atoms with Gasteiger partial charge in [0.05, 0.1) is 0 Å². The molecule has 8 heteroatoms. The maximum absolute atomic E-state index is 12.3. The van der Waals surface area contributed by atoms with Crippen LogP contribution in [0.4, 0.5) is 17.6 Å². The molecule has 0 saturated heterocycles. The predicted molar refractivity (Wildman–Crippen MR) is 45.4 cm³/mol. The summed E-state index contributed by atoms with van der Waals surface area (Å²) in [5, 5.41) is 9.83. The first-order valence-corrected chi connectivity index (χ1v) is 4.44. The number of nitrogens with one attached hydrogen (secondary N) is 1. The summed E-state index contributed by atoms with van der Waals surface area (Å²) in [6.07, 6.45) is -3.90. The largest absolute Gasteiger partial charge is 0.481 e. The Labute approximate surface area is 88.6 Å². The summed E-state index contributed by atoms with van der Waals surface area (Å²) in [6, 6.07) is 0. The van der Waals surface area contributed by atoms with Gasteiger partial charge in [0.15, 0.2) is 0 Å². The van der Waals surface area contributed by atoms with E-state index in [-0.39, 0.29) is 25.8 Å². The van der Waals surface area contributed by atoms with Crippen LogP contribution < -0.4 is 5.32 Å². The zero-order valence-corrected chi connectivity index (χ0v) is 8.18. The van der Waals surface area contributed by atoms with E-state index < -0.39 is 24.2 Å². The van der Waals surface area contributed by atoms with Crippen molar-refractivity contribution in [2.24, 2.45) is 0 Å². The van der Waals surface area contributed by atoms with Crippen molar-refractivity contribution in [3.05, 3.63) is 0 Å². The number of amides is 1. The number of carbonyl (C=O) groups excluding carboxylic acids is 1. The lowest BCUT2D eigenvalue weighted by Crippen LogP contribution is -2.45. The summed E-state index contributed by atoms with van der Waals surface area (Å²) >= 11 is 0. The van der Waals surface area contributed by atoms with Crippen LogP contribution in [-0.2, 0) is 9.59 Å². The Morgan fingerprint density at radius 1 is 1.25 bits per heavy atom. The van der Waals surface area contributed by atoms with Crippen LogP contribution in [0.25, 0.3) is 0 Å². The number of alkyl halides is 4. The fourth-order valence-electron chi connectivity index (χ4n) is 0.820. The van der Waals surface area contributed by atoms with Gasteiger partial charge >= 0.3 is 18.3 Å². The average Bonchev–Trinajstić information content (AvgIpc) is 2.16. The molecule has 0 heterocycles. The number of halogens is 4. The van der Waals surface area contributed by atoms with Crippen molar-refractivity contribution in [1.82, 2.24) is 5.32 Å². The molecule has 4 nitrogen and oxygen atoms in total. The first kappa shape index (κ1) is 14.7. The second-order valence-corrected chi connectivity index (χ2v) is 3.03. The zero-order valence-electron chi connectivity index (χ0n) is 8.18. The molecule has 94 valence electrons. The second kappa shape index (κ2) is 6.29. The highest BCUT2D eigenvalue weighted by Crippen LogP contribution is 2.22. The molecule has 0 spiro atoms. The number of aliphatic carboxylic acids is 1. The summed E-state index contributed by atoms with van der Waals surface area (Å²) in [4.78, 5) is 20.6. The van der Waals surface area contributed by atoms with Crippen LogP contribution in [-0.4, -0.2) is 35.9 Å². The van der Waals surface area contributed by atoms with Crippen molar-refractivity contribution in [2.45, 2.75) is 31.6 Å². The van der Waals surface area contributed by atoms with Crippen LogP contribution in [0, 0.1) is 0 Å². The van der Waals surface area contributed by atoms with E-state index in [2.05, 4.69) is 0 Å². The third-order valence-corrected chi connectivity index (χ3v) is 1.68. The molecule has 0 unspecified atom stereocenters. The van der Waals surface area contributed by atoms with Gasteiger partial charge in [-0.1, -0.05) is 0 Å². The molecule has 0 aromatic heterocycles. The summed E-state index contributed by atoms with van der Waals surface area (Å²) in [7, 11) is 0. The van der Waals surface area contributed by atoms with Crippen molar-refractivity contribution < 1.29 is 32.3 Å². The maximum Gasteiger partial charge on any atom is 0.383 e. The second-order valence-electron chi connectivity index (χ2n) is 3.03. The number of unbranched alkanes of at least 4 members (excludes halogenated alkanes) is 1. The van der Waals surface area contributed by atoms with E-state index in [1.807, 2.05) is 0 Å². The molecule has 0 aliphatic carbocycles. The Morgan fingerprint density at radius 2 is 1.81 bits per heavy atom. The molecule has 0 saturated carbocycles. The van der Waals surface area contributed by atoms with E-state index in [1.165, 1.54) is 0 Å². The van der Waals surface area contributed by atoms with Crippen LogP contribution in [0.1, 0.15) is 19.3 Å². The Balaban J connectivity index is 3.78. The van der Waals surface area contributed by atoms with E-state index in [1.54, 1.807) is 5.32 Å². The number of carboxylic acid groups (broad SMARTS) is 1. The molecule has 0 radical (unpaired) electrons. The first-order chi connectivity index (χ1) is 7.28. The highest BCUT2D eigenvalue weighted by molar-refractivity contribution is 5.83. The van der Waals surface area contributed by atoms with Gasteiger partial charge in [-0.15, -0.1) is 0 Å². The first-order valence-electron chi connectivity index (χ1n) is 4.44. The lowest BCUT2D eigenvalue weighted by atomic mass is 10.2. The van der Waals surface area contributed by atoms with Crippen molar-refractivity contribution in [1.29, 1.82) is 0 Å². The number of carbonyl (C=O) groups is 2. The third-order valence-electron chi connectivity index (χ3n) is 1.68. The molecule has 0 atom stereocenters. The minimum atomic E-state index is -4.70. The molecule has 0 bridgehead atoms. The van der Waals surface area contributed by atoms with Gasteiger partial charge in [-0.2, -0.15) is 8.78 Å². The molecule has 0 aliphatic heterocycles. The zero-order chi connectivity index (χ0) is 12.8. The maximum atomic E-state index is 12.3. The van der Waals surface area contributed by atoms with Crippen LogP contribution >= 0.6 is 0 Å². The lowest BCUT2D eigenvalue weighted by molar-refractivity contribution is -0.169. The SMILES string of the molecule is O=C(O)CCCCNC(=O)C(F)(F)C(F)F. The summed E-state index contributed by atoms with van der Waals surface area (Å²) in [5.74, 6) is -7.80. The molecule has 16 heavy (non-hydrogen) atoms. The summed E-state index contributed by atoms with van der Waals surface area (Å²) < 4.78 is 48.0. The monoisotopic (exact) mass is 245 g/mol. The van der Waals surface area contributed by atoms with Crippen LogP contribution in [0.15, 0.2) is 0 Å². The fourth-order valence-corrected chi connectivity index (χ4v) is 0.820. The van der Waals surface area contributed by atoms with Crippen LogP contribution in [0.2, 0.25) is 0 Å². The summed E-state index contributed by atoms with van der Waals surface area (Å²) in [6.45, 7) is -0.256. The molecule has 0 aromatic carbocycles. The molecule has 2 N–H and O–H groups in total. The number of hydrogen-bond acceptors (Lipinski definition) is 2. The van der Waals surface area contributed by atoms with Gasteiger partial charge in [0, 0.05) is 13.0 Å². The Morgan fingerprint density at radius 3 is 2.25 bits per heavy atom. The van der Waals surface area contributed by atoms with Gasteiger partial charge in [0.1, 0.15) is 0 Å². The third kappa shape index (κ3) is 4.94. The molecule has 0 fully saturated rings. The van der Waals surface area contributed by atoms with Crippen LogP contribution in [0.5, 0.6) is 0 Å². The van der Waals surface area contributed by atoms with E-state index in [4.69, 9.17) is 5.11 Å². The highest BCUT2D eigenvalue weighted by Gasteiger charge is 2.48. The smallest absolute Gasteiger partial charge is 0.383 e. The molecule has 0 rings (SSSR count). The van der Waals surface area contributed by atoms with Crippen molar-refractivity contribution >= 4 is 11.9 Å². The number of rotatable bonds is 7. The van der Waals surface area contributed by atoms with Crippen molar-refractivity contribution in [2.75, 3.05) is 6.54 Å². The van der Waals surface area contributed by atoms with Crippen LogP contribution in [0.3, 0.4) is 0 Å². The van der Waals surface area contributed by atoms with Gasteiger partial charge < -0.3 is 10.4 Å². The van der Waals surface area contributed by atoms with E-state index in [9.17, 15) is 27.2 Å². The Hall–Kier alpha value is -1.34. The van der Waals surface area contributed by atoms with E-state index in [0.717, 1.165) is 0 Å². The topological polar surface area (TPSA) is 66.4 Å². The standard InChI is InChI=1S/C8H11F4NO3/c9-6(10)8(11,12)7(16)13-4-2-1-3-5(14)15/h6H,1-4H2,(H,13,16)(H,14,15). The quantitative estimate of drug-likeness (QED) is 0.524. The van der Waals surface area contributed by atoms with E-state index in [0.29, 0.717) is 0 Å². The van der Waals surface area contributed by atoms with Gasteiger partial charge in [-0.25, -0.2) is 8.78 Å². The van der Waals surface area contributed by atoms with Crippen molar-refractivity contribution in [3.63, 3.8) is 0 Å². The molecule has 1 amide bonds. The lowest BCUT2D eigenvalue weighted by Gasteiger charge is -2.14. The van der Waals surface area contributed by atoms with Gasteiger partial charge in [0.2, 0.25) is 0 Å². The van der Waals surface area contributed by atoms with Crippen molar-refractivity contribution in [3.8, 4) is 0 Å². The molecular weight excluding hydrogens is 234 g/mol. The minimum absolute atomic E-state index is 0.136. The molecule has 0 aliphatic rings. The fraction of sp³-hybridized carbons (Fsp3) is 0.750. The van der Waals surface area contributed by atoms with Gasteiger partial charge in [-0.3, -0.25) is 9.59 Å². The highest BCUT2D eigenvalue weighted by atomic mass is 19.3. The number of carboxylic acids is 1. The normalized spacial score (nSPS) is 11.6. The summed E-state index contributed by atoms with van der Waals surface area (Å²) in [5.41, 5.74) is 0.